The number of hydrogen-bond donors (Lipinski definition) is 3. The molecular weight excluding hydrogens is 596 g/mol. The molecule has 0 bridgehead atoms. The Kier molecular flexibility index (Phi) is 12.6. The maximum absolute atomic E-state index is 11.4. The zero-order valence-electron chi connectivity index (χ0n) is 25.0. The van der Waals surface area contributed by atoms with Gasteiger partial charge < -0.3 is 36.1 Å². The fourth-order valence-electron chi connectivity index (χ4n) is 3.56. The van der Waals surface area contributed by atoms with Crippen LogP contribution in [0.4, 0.5) is 23.0 Å². The Hall–Kier alpha value is -6.44. The third kappa shape index (κ3) is 10.4. The minimum absolute atomic E-state index is 0.0426. The van der Waals surface area contributed by atoms with Crippen LogP contribution in [0.15, 0.2) is 85.2 Å². The van der Waals surface area contributed by atoms with Crippen LogP contribution >= 0.6 is 0 Å². The fraction of sp³-hybridized carbons (Fsp3) is 0.125. The van der Waals surface area contributed by atoms with Gasteiger partial charge in [0.05, 0.1) is 29.3 Å². The predicted octanol–water partition coefficient (Wildman–Crippen LogP) is 5.56. The molecule has 0 fully saturated rings. The van der Waals surface area contributed by atoms with Gasteiger partial charge in [0, 0.05) is 42.4 Å². The number of carbonyl (C=O) groups excluding carboxylic acids is 2. The molecular formula is C32H32N6O8. The minimum atomic E-state index is -0.512. The van der Waals surface area contributed by atoms with Gasteiger partial charge in [-0.1, -0.05) is 0 Å². The van der Waals surface area contributed by atoms with Gasteiger partial charge in [-0.25, -0.2) is 19.6 Å². The number of pyridine rings is 2. The maximum atomic E-state index is 11.4. The highest BCUT2D eigenvalue weighted by Crippen LogP contribution is 2.31. The second kappa shape index (κ2) is 17.0. The van der Waals surface area contributed by atoms with Crippen LogP contribution in [0.2, 0.25) is 0 Å². The van der Waals surface area contributed by atoms with Crippen LogP contribution in [0.3, 0.4) is 0 Å². The zero-order valence-corrected chi connectivity index (χ0v) is 25.0. The largest absolute Gasteiger partial charge is 0.463 e. The number of hydrogen-bond acceptors (Lipinski definition) is 13. The van der Waals surface area contributed by atoms with Crippen molar-refractivity contribution in [1.82, 2.24) is 9.97 Å². The molecule has 0 saturated heterocycles. The van der Waals surface area contributed by atoms with Crippen LogP contribution in [-0.4, -0.2) is 40.0 Å². The van der Waals surface area contributed by atoms with Crippen molar-refractivity contribution in [2.75, 3.05) is 30.4 Å². The van der Waals surface area contributed by atoms with E-state index in [1.54, 1.807) is 50.2 Å². The molecule has 0 aliphatic carbocycles. The number of nitro groups is 1. The van der Waals surface area contributed by atoms with Crippen LogP contribution in [0.5, 0.6) is 23.0 Å². The quantitative estimate of drug-likeness (QED) is 0.0610. The number of rotatable bonds is 11. The van der Waals surface area contributed by atoms with Crippen LogP contribution in [0.25, 0.3) is 12.2 Å². The number of anilines is 3. The minimum Gasteiger partial charge on any atom is -0.463 e. The van der Waals surface area contributed by atoms with Gasteiger partial charge in [-0.3, -0.25) is 10.1 Å². The summed E-state index contributed by atoms with van der Waals surface area (Å²) in [4.78, 5) is 40.9. The van der Waals surface area contributed by atoms with Gasteiger partial charge in [0.15, 0.2) is 0 Å². The molecule has 2 aromatic carbocycles. The number of esters is 2. The van der Waals surface area contributed by atoms with Crippen LogP contribution < -0.4 is 26.7 Å². The number of carbonyl (C=O) groups is 2. The molecule has 14 heteroatoms. The maximum Gasteiger partial charge on any atom is 0.330 e. The van der Waals surface area contributed by atoms with Crippen molar-refractivity contribution in [3.05, 3.63) is 106 Å². The van der Waals surface area contributed by atoms with E-state index in [1.165, 1.54) is 61.0 Å². The van der Waals surface area contributed by atoms with E-state index in [-0.39, 0.29) is 23.9 Å². The SMILES string of the molecule is CCOC(=O)/C=C/c1c(Oc2ccc(N)cc2)ccnc1N.CCOC(=O)/C=C/c1c(Oc2ccc([N+](=O)[O-])cc2)ccnc1N. The summed E-state index contributed by atoms with van der Waals surface area (Å²) in [6.45, 7) is 4.01. The topological polar surface area (TPSA) is 218 Å². The average Bonchev–Trinajstić information content (AvgIpc) is 3.02. The molecule has 4 aromatic rings. The third-order valence-corrected chi connectivity index (χ3v) is 5.69. The summed E-state index contributed by atoms with van der Waals surface area (Å²) in [6.07, 6.45) is 8.46. The lowest BCUT2D eigenvalue weighted by Crippen LogP contribution is -2.00. The monoisotopic (exact) mass is 628 g/mol. The van der Waals surface area contributed by atoms with Gasteiger partial charge in [-0.15, -0.1) is 0 Å². The van der Waals surface area contributed by atoms with Gasteiger partial charge in [0.1, 0.15) is 34.6 Å². The standard InChI is InChI=1S/C16H15N3O5.C16H17N3O3/c1-2-23-15(20)8-7-13-14(9-10-18-16(13)17)24-12-5-3-11(4-6-12)19(21)22;1-2-21-15(20)8-7-13-14(9-10-19-16(13)18)22-12-5-3-11(17)4-6-12/h3-10H,2H2,1H3,(H2,17,18);3-10H,2,17H2,1H3,(H2,18,19)/b2*8-7+. The molecule has 0 aliphatic rings. The number of nitro benzene ring substituents is 1. The van der Waals surface area contributed by atoms with E-state index in [0.717, 1.165) is 0 Å². The highest BCUT2D eigenvalue weighted by molar-refractivity contribution is 5.89. The Morgan fingerprint density at radius 3 is 1.52 bits per heavy atom. The van der Waals surface area contributed by atoms with Gasteiger partial charge in [-0.2, -0.15) is 0 Å². The summed E-state index contributed by atoms with van der Waals surface area (Å²) in [7, 11) is 0. The number of nitrogens with two attached hydrogens (primary N) is 3. The Morgan fingerprint density at radius 2 is 1.13 bits per heavy atom. The van der Waals surface area contributed by atoms with E-state index in [1.807, 2.05) is 0 Å². The van der Waals surface area contributed by atoms with Crippen molar-refractivity contribution < 1.29 is 33.5 Å². The molecule has 2 heterocycles. The number of nitrogens with zero attached hydrogens (tertiary/aromatic N) is 3. The molecule has 2 aromatic heterocycles. The van der Waals surface area contributed by atoms with Crippen molar-refractivity contribution in [3.63, 3.8) is 0 Å². The van der Waals surface area contributed by atoms with E-state index in [4.69, 9.17) is 36.1 Å². The Labute approximate surface area is 264 Å². The van der Waals surface area contributed by atoms with Gasteiger partial charge in [0.25, 0.3) is 5.69 Å². The molecule has 0 unspecified atom stereocenters. The van der Waals surface area contributed by atoms with Crippen molar-refractivity contribution in [1.29, 1.82) is 0 Å². The van der Waals surface area contributed by atoms with Gasteiger partial charge in [-0.05, 0) is 74.5 Å². The molecule has 0 radical (unpaired) electrons. The fourth-order valence-corrected chi connectivity index (χ4v) is 3.56. The molecule has 0 atom stereocenters. The molecule has 14 nitrogen and oxygen atoms in total. The molecule has 238 valence electrons. The van der Waals surface area contributed by atoms with E-state index in [0.29, 0.717) is 46.4 Å². The number of aromatic nitrogens is 2. The molecule has 0 aliphatic heterocycles. The second-order valence-corrected chi connectivity index (χ2v) is 8.91. The normalized spacial score (nSPS) is 10.6. The van der Waals surface area contributed by atoms with E-state index in [9.17, 15) is 19.7 Å². The Morgan fingerprint density at radius 1 is 0.717 bits per heavy atom. The number of ether oxygens (including phenoxy) is 4. The lowest BCUT2D eigenvalue weighted by molar-refractivity contribution is -0.384. The van der Waals surface area contributed by atoms with E-state index in [2.05, 4.69) is 9.97 Å². The first kappa shape index (κ1) is 34.1. The highest BCUT2D eigenvalue weighted by atomic mass is 16.6. The van der Waals surface area contributed by atoms with Gasteiger partial charge in [0.2, 0.25) is 0 Å². The number of non-ortho nitro benzene ring substituents is 1. The first-order valence-electron chi connectivity index (χ1n) is 13.8. The van der Waals surface area contributed by atoms with Gasteiger partial charge >= 0.3 is 11.9 Å². The molecule has 0 spiro atoms. The summed E-state index contributed by atoms with van der Waals surface area (Å²) >= 11 is 0. The average molecular weight is 629 g/mol. The van der Waals surface area contributed by atoms with Crippen molar-refractivity contribution in [2.24, 2.45) is 0 Å². The van der Waals surface area contributed by atoms with E-state index < -0.39 is 16.9 Å². The lowest BCUT2D eigenvalue weighted by Gasteiger charge is -2.10. The second-order valence-electron chi connectivity index (χ2n) is 8.91. The highest BCUT2D eigenvalue weighted by Gasteiger charge is 2.11. The summed E-state index contributed by atoms with van der Waals surface area (Å²) in [5.41, 5.74) is 18.8. The number of nitrogen functional groups attached to an aromatic ring is 3. The van der Waals surface area contributed by atoms with Crippen molar-refractivity contribution in [2.45, 2.75) is 13.8 Å². The molecule has 0 amide bonds. The van der Waals surface area contributed by atoms with Crippen molar-refractivity contribution >= 4 is 47.1 Å². The Bertz CT molecular complexity index is 1710. The zero-order chi connectivity index (χ0) is 33.5. The smallest absolute Gasteiger partial charge is 0.330 e. The third-order valence-electron chi connectivity index (χ3n) is 5.69. The molecule has 0 saturated carbocycles. The summed E-state index contributed by atoms with van der Waals surface area (Å²) in [5, 5.41) is 10.7. The number of benzene rings is 2. The summed E-state index contributed by atoms with van der Waals surface area (Å²) < 4.78 is 21.1. The first-order chi connectivity index (χ1) is 22.1. The lowest BCUT2D eigenvalue weighted by atomic mass is 10.2. The summed E-state index contributed by atoms with van der Waals surface area (Å²) in [5.74, 6) is 1.30. The first-order valence-corrected chi connectivity index (χ1v) is 13.8. The molecule has 4 rings (SSSR count). The Balaban J connectivity index is 0.000000251. The van der Waals surface area contributed by atoms with E-state index >= 15 is 0 Å². The van der Waals surface area contributed by atoms with Crippen LogP contribution in [-0.2, 0) is 19.1 Å². The summed E-state index contributed by atoms with van der Waals surface area (Å²) in [6, 6.07) is 15.8. The molecule has 46 heavy (non-hydrogen) atoms. The van der Waals surface area contributed by atoms with Crippen molar-refractivity contribution in [3.8, 4) is 23.0 Å². The van der Waals surface area contributed by atoms with Crippen LogP contribution in [0.1, 0.15) is 25.0 Å². The molecule has 6 N–H and O–H groups in total. The predicted molar refractivity (Wildman–Crippen MR) is 173 cm³/mol. The van der Waals surface area contributed by atoms with Crippen LogP contribution in [0, 0.1) is 10.1 Å².